The van der Waals surface area contributed by atoms with Crippen molar-refractivity contribution in [3.63, 3.8) is 0 Å². The maximum atomic E-state index is 9.78. The number of phenolic OH excluding ortho intramolecular Hbond substituents is 2. The molecule has 0 unspecified atom stereocenters. The van der Waals surface area contributed by atoms with Crippen LogP contribution in [0, 0.1) is 0 Å². The Morgan fingerprint density at radius 2 is 1.89 bits per heavy atom. The summed E-state index contributed by atoms with van der Waals surface area (Å²) in [7, 11) is 0. The fourth-order valence-electron chi connectivity index (χ4n) is 2.25. The summed E-state index contributed by atoms with van der Waals surface area (Å²) in [6.45, 7) is 1.84. The van der Waals surface area contributed by atoms with E-state index in [0.717, 1.165) is 25.9 Å². The summed E-state index contributed by atoms with van der Waals surface area (Å²) in [5.74, 6) is 0.318. The first-order chi connectivity index (χ1) is 9.25. The second kappa shape index (κ2) is 4.79. The lowest BCUT2D eigenvalue weighted by molar-refractivity contribution is 0.397. The quantitative estimate of drug-likeness (QED) is 0.806. The highest BCUT2D eigenvalue weighted by molar-refractivity contribution is 5.67. The lowest BCUT2D eigenvalue weighted by Gasteiger charge is -2.24. The van der Waals surface area contributed by atoms with Crippen molar-refractivity contribution in [2.24, 2.45) is 0 Å². The van der Waals surface area contributed by atoms with Gasteiger partial charge in [-0.25, -0.2) is 0 Å². The summed E-state index contributed by atoms with van der Waals surface area (Å²) < 4.78 is 5.17. The van der Waals surface area contributed by atoms with Crippen LogP contribution in [0.2, 0.25) is 0 Å². The molecule has 6 heteroatoms. The van der Waals surface area contributed by atoms with Crippen LogP contribution < -0.4 is 4.90 Å². The molecular weight excluding hydrogens is 246 g/mol. The van der Waals surface area contributed by atoms with Crippen LogP contribution >= 0.6 is 0 Å². The van der Waals surface area contributed by atoms with E-state index in [1.54, 1.807) is 12.1 Å². The van der Waals surface area contributed by atoms with Gasteiger partial charge in [-0.3, -0.25) is 0 Å². The van der Waals surface area contributed by atoms with Gasteiger partial charge in [0.05, 0.1) is 5.56 Å². The van der Waals surface area contributed by atoms with Gasteiger partial charge in [-0.15, -0.1) is 0 Å². The molecule has 2 N–H and O–H groups in total. The van der Waals surface area contributed by atoms with E-state index in [0.29, 0.717) is 11.5 Å². The molecule has 1 aromatic carbocycles. The molecule has 100 valence electrons. The number of aromatic nitrogens is 2. The van der Waals surface area contributed by atoms with Gasteiger partial charge < -0.3 is 19.6 Å². The minimum Gasteiger partial charge on any atom is -0.504 e. The maximum absolute atomic E-state index is 9.78. The van der Waals surface area contributed by atoms with Gasteiger partial charge in [-0.05, 0) is 36.6 Å². The van der Waals surface area contributed by atoms with Gasteiger partial charge in [-0.1, -0.05) is 6.07 Å². The summed E-state index contributed by atoms with van der Waals surface area (Å²) in [5.41, 5.74) is 0.343. The molecule has 0 radical (unpaired) electrons. The Bertz CT molecular complexity index is 576. The van der Waals surface area contributed by atoms with Gasteiger partial charge in [0.25, 0.3) is 11.8 Å². The Hall–Kier alpha value is -2.24. The first kappa shape index (κ1) is 11.8. The topological polar surface area (TPSA) is 82.6 Å². The minimum absolute atomic E-state index is 0.199. The molecule has 2 aromatic rings. The fraction of sp³-hybridized carbons (Fsp3) is 0.385. The van der Waals surface area contributed by atoms with Crippen molar-refractivity contribution in [2.45, 2.75) is 19.3 Å². The first-order valence-electron chi connectivity index (χ1n) is 6.35. The standard InChI is InChI=1S/C13H15N3O3/c17-10-6-4-5-9(11(10)18)12-14-13(15-19-12)16-7-2-1-3-8-16/h4-6,17-18H,1-3,7-8H2. The van der Waals surface area contributed by atoms with Crippen molar-refractivity contribution in [3.05, 3.63) is 18.2 Å². The van der Waals surface area contributed by atoms with Gasteiger partial charge in [0.2, 0.25) is 0 Å². The van der Waals surface area contributed by atoms with E-state index in [4.69, 9.17) is 4.52 Å². The third kappa shape index (κ3) is 2.21. The van der Waals surface area contributed by atoms with Crippen LogP contribution in [-0.4, -0.2) is 33.4 Å². The van der Waals surface area contributed by atoms with E-state index in [9.17, 15) is 10.2 Å². The number of para-hydroxylation sites is 1. The van der Waals surface area contributed by atoms with Gasteiger partial charge in [0.15, 0.2) is 11.5 Å². The van der Waals surface area contributed by atoms with Gasteiger partial charge in [-0.2, -0.15) is 4.98 Å². The van der Waals surface area contributed by atoms with E-state index in [-0.39, 0.29) is 17.4 Å². The molecule has 19 heavy (non-hydrogen) atoms. The van der Waals surface area contributed by atoms with Crippen LogP contribution in [0.1, 0.15) is 19.3 Å². The zero-order valence-electron chi connectivity index (χ0n) is 10.4. The highest BCUT2D eigenvalue weighted by Crippen LogP contribution is 2.35. The number of aromatic hydroxyl groups is 2. The van der Waals surface area contributed by atoms with Gasteiger partial charge >= 0.3 is 0 Å². The van der Waals surface area contributed by atoms with Crippen molar-refractivity contribution in [3.8, 4) is 23.0 Å². The summed E-state index contributed by atoms with van der Waals surface area (Å²) >= 11 is 0. The normalized spacial score (nSPS) is 15.7. The largest absolute Gasteiger partial charge is 0.504 e. The van der Waals surface area contributed by atoms with Crippen molar-refractivity contribution in [1.82, 2.24) is 10.1 Å². The minimum atomic E-state index is -0.239. The van der Waals surface area contributed by atoms with Crippen molar-refractivity contribution in [2.75, 3.05) is 18.0 Å². The molecule has 1 aliphatic rings. The highest BCUT2D eigenvalue weighted by Gasteiger charge is 2.19. The van der Waals surface area contributed by atoms with Crippen LogP contribution in [-0.2, 0) is 0 Å². The van der Waals surface area contributed by atoms with E-state index < -0.39 is 0 Å². The predicted molar refractivity (Wildman–Crippen MR) is 69.1 cm³/mol. The molecule has 0 atom stereocenters. The van der Waals surface area contributed by atoms with E-state index in [1.165, 1.54) is 12.5 Å². The van der Waals surface area contributed by atoms with E-state index >= 15 is 0 Å². The van der Waals surface area contributed by atoms with E-state index in [1.807, 2.05) is 0 Å². The predicted octanol–water partition coefficient (Wildman–Crippen LogP) is 2.14. The maximum Gasteiger partial charge on any atom is 0.266 e. The molecule has 0 amide bonds. The average molecular weight is 261 g/mol. The number of hydrogen-bond donors (Lipinski definition) is 2. The second-order valence-electron chi connectivity index (χ2n) is 4.62. The van der Waals surface area contributed by atoms with Gasteiger partial charge in [0, 0.05) is 13.1 Å². The van der Waals surface area contributed by atoms with Crippen LogP contribution in [0.25, 0.3) is 11.5 Å². The molecule has 0 aliphatic carbocycles. The second-order valence-corrected chi connectivity index (χ2v) is 4.62. The smallest absolute Gasteiger partial charge is 0.266 e. The summed E-state index contributed by atoms with van der Waals surface area (Å²) in [6.07, 6.45) is 3.48. The molecule has 1 aliphatic heterocycles. The molecule has 1 aromatic heterocycles. The molecule has 1 saturated heterocycles. The zero-order valence-corrected chi connectivity index (χ0v) is 10.4. The Morgan fingerprint density at radius 1 is 1.11 bits per heavy atom. The van der Waals surface area contributed by atoms with Crippen LogP contribution in [0.5, 0.6) is 11.5 Å². The van der Waals surface area contributed by atoms with Crippen molar-refractivity contribution in [1.29, 1.82) is 0 Å². The SMILES string of the molecule is Oc1cccc(-c2nc(N3CCCCC3)no2)c1O. The van der Waals surface area contributed by atoms with Crippen molar-refractivity contribution < 1.29 is 14.7 Å². The Labute approximate surface area is 110 Å². The molecular formula is C13H15N3O3. The number of rotatable bonds is 2. The summed E-state index contributed by atoms with van der Waals surface area (Å²) in [4.78, 5) is 6.35. The number of anilines is 1. The monoisotopic (exact) mass is 261 g/mol. The Balaban J connectivity index is 1.90. The molecule has 3 rings (SSSR count). The van der Waals surface area contributed by atoms with E-state index in [2.05, 4.69) is 15.0 Å². The number of benzene rings is 1. The third-order valence-electron chi connectivity index (χ3n) is 3.30. The number of hydrogen-bond acceptors (Lipinski definition) is 6. The number of nitrogens with zero attached hydrogens (tertiary/aromatic N) is 3. The Morgan fingerprint density at radius 3 is 2.68 bits per heavy atom. The molecule has 0 bridgehead atoms. The summed E-state index contributed by atoms with van der Waals surface area (Å²) in [6, 6.07) is 4.65. The lowest BCUT2D eigenvalue weighted by Crippen LogP contribution is -2.30. The van der Waals surface area contributed by atoms with Crippen molar-refractivity contribution >= 4 is 5.95 Å². The fourth-order valence-corrected chi connectivity index (χ4v) is 2.25. The Kier molecular flexibility index (Phi) is 2.98. The zero-order chi connectivity index (χ0) is 13.2. The number of piperidine rings is 1. The highest BCUT2D eigenvalue weighted by atomic mass is 16.5. The molecule has 2 heterocycles. The average Bonchev–Trinajstić information content (AvgIpc) is 2.92. The molecule has 1 fully saturated rings. The van der Waals surface area contributed by atoms with Crippen LogP contribution in [0.4, 0.5) is 5.95 Å². The molecule has 0 saturated carbocycles. The summed E-state index contributed by atoms with van der Waals surface area (Å²) in [5, 5.41) is 23.2. The molecule has 6 nitrogen and oxygen atoms in total. The lowest BCUT2D eigenvalue weighted by atomic mass is 10.1. The van der Waals surface area contributed by atoms with Gasteiger partial charge in [0.1, 0.15) is 0 Å². The van der Waals surface area contributed by atoms with Crippen LogP contribution in [0.15, 0.2) is 22.7 Å². The third-order valence-corrected chi connectivity index (χ3v) is 3.30. The van der Waals surface area contributed by atoms with Crippen LogP contribution in [0.3, 0.4) is 0 Å². The first-order valence-corrected chi connectivity index (χ1v) is 6.35. The number of phenols is 2. The molecule has 0 spiro atoms.